The molecule has 24 rings (SSSR count). The summed E-state index contributed by atoms with van der Waals surface area (Å²) in [4.78, 5) is 43.6. The summed E-state index contributed by atoms with van der Waals surface area (Å²) in [5, 5.41) is 13.2. The molecule has 0 saturated carbocycles. The fraction of sp³-hybridized carbons (Fsp3) is 0. The van der Waals surface area contributed by atoms with Crippen molar-refractivity contribution < 1.29 is 8.83 Å². The Bertz CT molecular complexity index is 7860. The Labute approximate surface area is 648 Å². The van der Waals surface area contributed by atoms with Crippen molar-refractivity contribution in [1.82, 2.24) is 63.1 Å². The summed E-state index contributed by atoms with van der Waals surface area (Å²) in [6, 6.07) is 111. The van der Waals surface area contributed by atoms with Gasteiger partial charge in [0.1, 0.15) is 22.3 Å². The Kier molecular flexibility index (Phi) is 14.6. The predicted octanol–water partition coefficient (Wildman–Crippen LogP) is 24.1. The molecular formula is C99H59N13O2. The number of fused-ring (bicyclic) bond motifs is 19. The summed E-state index contributed by atoms with van der Waals surface area (Å²) < 4.78 is 22.8. The minimum Gasteiger partial charge on any atom is -0.455 e. The number of aromatic nitrogens is 13. The second-order valence-corrected chi connectivity index (χ2v) is 28.5. The van der Waals surface area contributed by atoms with Crippen molar-refractivity contribution in [2.24, 2.45) is 0 Å². The van der Waals surface area contributed by atoms with Crippen molar-refractivity contribution in [2.45, 2.75) is 0 Å². The largest absolute Gasteiger partial charge is 0.455 e. The van der Waals surface area contributed by atoms with Gasteiger partial charge >= 0.3 is 0 Å². The Morgan fingerprint density at radius 2 is 0.605 bits per heavy atom. The van der Waals surface area contributed by atoms with Gasteiger partial charge in [-0.05, 0) is 115 Å². The van der Waals surface area contributed by atoms with E-state index in [0.717, 1.165) is 160 Å². The van der Waals surface area contributed by atoms with Gasteiger partial charge in [0.15, 0.2) is 34.9 Å². The maximum absolute atomic E-state index is 6.71. The first-order valence-corrected chi connectivity index (χ1v) is 37.8. The molecule has 114 heavy (non-hydrogen) atoms. The van der Waals surface area contributed by atoms with Crippen LogP contribution in [0.1, 0.15) is 0 Å². The van der Waals surface area contributed by atoms with Crippen LogP contribution in [0.25, 0.3) is 222 Å². The van der Waals surface area contributed by atoms with Gasteiger partial charge in [0, 0.05) is 141 Å². The van der Waals surface area contributed by atoms with Crippen LogP contribution in [-0.4, -0.2) is 63.1 Å². The summed E-state index contributed by atoms with van der Waals surface area (Å²) >= 11 is 0. The highest BCUT2D eigenvalue weighted by molar-refractivity contribution is 6.27. The van der Waals surface area contributed by atoms with Gasteiger partial charge in [-0.2, -0.15) is 0 Å². The molecule has 0 atom stereocenters. The lowest BCUT2D eigenvalue weighted by molar-refractivity contribution is 0.669. The Balaban J connectivity index is 0.000000135. The first kappa shape index (κ1) is 64.2. The van der Waals surface area contributed by atoms with Crippen LogP contribution in [0.5, 0.6) is 0 Å². The van der Waals surface area contributed by atoms with Crippen LogP contribution in [0, 0.1) is 0 Å². The van der Waals surface area contributed by atoms with Gasteiger partial charge in [0.05, 0.1) is 61.5 Å². The van der Waals surface area contributed by atoms with E-state index in [9.17, 15) is 0 Å². The molecule has 0 fully saturated rings. The molecule has 0 aliphatic heterocycles. The van der Waals surface area contributed by atoms with E-state index in [2.05, 4.69) is 209 Å². The number of hydrogen-bond acceptors (Lipinski definition) is 11. The third kappa shape index (κ3) is 10.3. The summed E-state index contributed by atoms with van der Waals surface area (Å²) in [5.41, 5.74) is 21.4. The quantitative estimate of drug-likeness (QED) is 0.128. The molecule has 0 amide bonds. The SMILES string of the molecule is c1ccc(-c2nc(-c3ccccc3)nc(-c3cccc4c3oc3ccc(-n5c6ccncc6c6cc7c(cc65)c5cnccc5n7-c5ccccc5)cc34)n2)cc1.c1ccc(-c2nc(-c3ccccc3)nc(-c3cccc4c3oc3ccc(-n5c6cnccc6c6c5ccc5c7ccccc7n(-c7ccccc7)c56)cc34)n2)cc1. The first-order chi connectivity index (χ1) is 56.5. The molecule has 0 saturated heterocycles. The Hall–Kier alpha value is -15.9. The van der Waals surface area contributed by atoms with Gasteiger partial charge in [-0.25, -0.2) is 29.9 Å². The highest BCUT2D eigenvalue weighted by Gasteiger charge is 2.26. The van der Waals surface area contributed by atoms with E-state index in [4.69, 9.17) is 38.7 Å². The summed E-state index contributed by atoms with van der Waals surface area (Å²) in [6.07, 6.45) is 11.5. The van der Waals surface area contributed by atoms with E-state index in [1.54, 1.807) is 0 Å². The van der Waals surface area contributed by atoms with Crippen molar-refractivity contribution in [3.63, 3.8) is 0 Å². The Morgan fingerprint density at radius 3 is 1.10 bits per heavy atom. The second kappa shape index (κ2) is 25.9. The standard InChI is InChI=1S/C50H30N6O.C49H29N7O/c1-4-13-31(14-5-1)48-52-49(32-15-6-2-7-16-32)54-50(53-48)39-21-12-20-37-40-29-34(23-26-44(40)57-47(37)39)55-42-25-24-36-35-19-10-11-22-41(35)56(33-17-8-3-9-18-33)46(36)45(42)38-27-28-51-30-43(38)55;1-4-11-30(12-5-1)47-52-48(31-13-6-2-7-14-31)54-49(53-47)35-18-10-17-34-38-25-33(19-20-45(38)57-46(34)35)56-42-22-24-51-29-40(42)37-26-43-36(27-44(37)56)39-28-50-23-21-41(39)55(43)32-15-8-3-9-16-32/h1-30H;1-29H. The summed E-state index contributed by atoms with van der Waals surface area (Å²) in [5.74, 6) is 3.53. The van der Waals surface area contributed by atoms with Crippen molar-refractivity contribution in [1.29, 1.82) is 0 Å². The van der Waals surface area contributed by atoms with E-state index >= 15 is 0 Å². The average molecular weight is 1460 g/mol. The first-order valence-electron chi connectivity index (χ1n) is 37.8. The number of furan rings is 2. The molecule has 0 unspecified atom stereocenters. The molecule has 0 spiro atoms. The summed E-state index contributed by atoms with van der Waals surface area (Å²) in [7, 11) is 0. The smallest absolute Gasteiger partial charge is 0.167 e. The van der Waals surface area contributed by atoms with E-state index in [1.165, 1.54) is 27.2 Å². The van der Waals surface area contributed by atoms with Gasteiger partial charge < -0.3 is 27.1 Å². The highest BCUT2D eigenvalue weighted by atomic mass is 16.3. The molecule has 15 heteroatoms. The van der Waals surface area contributed by atoms with Crippen LogP contribution in [-0.2, 0) is 0 Å². The minimum atomic E-state index is 0.552. The molecule has 15 nitrogen and oxygen atoms in total. The lowest BCUT2D eigenvalue weighted by Crippen LogP contribution is -2.00. The lowest BCUT2D eigenvalue weighted by Gasteiger charge is -2.10. The van der Waals surface area contributed by atoms with Gasteiger partial charge in [0.2, 0.25) is 0 Å². The lowest BCUT2D eigenvalue weighted by atomic mass is 10.1. The molecule has 0 aliphatic rings. The molecule has 11 aromatic heterocycles. The normalized spacial score (nSPS) is 11.9. The fourth-order valence-electron chi connectivity index (χ4n) is 16.9. The van der Waals surface area contributed by atoms with Crippen molar-refractivity contribution in [2.75, 3.05) is 0 Å². The maximum Gasteiger partial charge on any atom is 0.167 e. The topological polar surface area (TPSA) is 162 Å². The second-order valence-electron chi connectivity index (χ2n) is 28.5. The van der Waals surface area contributed by atoms with Crippen molar-refractivity contribution in [3.8, 4) is 91.1 Å². The molecule has 13 aromatic carbocycles. The predicted molar refractivity (Wildman–Crippen MR) is 458 cm³/mol. The third-order valence-corrected chi connectivity index (χ3v) is 22.0. The molecule has 532 valence electrons. The van der Waals surface area contributed by atoms with Gasteiger partial charge in [-0.1, -0.05) is 206 Å². The minimum absolute atomic E-state index is 0.552. The highest BCUT2D eigenvalue weighted by Crippen LogP contribution is 2.46. The molecule has 0 N–H and O–H groups in total. The van der Waals surface area contributed by atoms with Gasteiger partial charge in [-0.15, -0.1) is 0 Å². The number of pyridine rings is 3. The molecule has 0 radical (unpaired) electrons. The van der Waals surface area contributed by atoms with Crippen molar-refractivity contribution in [3.05, 3.63) is 359 Å². The zero-order chi connectivity index (χ0) is 74.9. The molecule has 11 heterocycles. The van der Waals surface area contributed by atoms with Gasteiger partial charge in [0.25, 0.3) is 0 Å². The zero-order valence-electron chi connectivity index (χ0n) is 60.7. The fourth-order valence-corrected chi connectivity index (χ4v) is 16.9. The monoisotopic (exact) mass is 1460 g/mol. The zero-order valence-corrected chi connectivity index (χ0v) is 60.7. The van der Waals surface area contributed by atoms with Crippen LogP contribution < -0.4 is 0 Å². The van der Waals surface area contributed by atoms with Crippen LogP contribution in [0.4, 0.5) is 0 Å². The van der Waals surface area contributed by atoms with E-state index in [-0.39, 0.29) is 0 Å². The van der Waals surface area contributed by atoms with Crippen LogP contribution in [0.15, 0.2) is 368 Å². The number of rotatable bonds is 10. The Morgan fingerprint density at radius 1 is 0.211 bits per heavy atom. The molecule has 0 bridgehead atoms. The van der Waals surface area contributed by atoms with E-state index in [0.29, 0.717) is 34.9 Å². The van der Waals surface area contributed by atoms with Gasteiger partial charge in [-0.3, -0.25) is 15.0 Å². The third-order valence-electron chi connectivity index (χ3n) is 22.0. The van der Waals surface area contributed by atoms with Crippen LogP contribution >= 0.6 is 0 Å². The maximum atomic E-state index is 6.71. The molecule has 24 aromatic rings. The average Bonchev–Trinajstić information content (AvgIpc) is 1.55. The van der Waals surface area contributed by atoms with E-state index in [1.807, 2.05) is 183 Å². The molecule has 0 aliphatic carbocycles. The van der Waals surface area contributed by atoms with Crippen LogP contribution in [0.2, 0.25) is 0 Å². The molecular weight excluding hydrogens is 1400 g/mol. The van der Waals surface area contributed by atoms with Crippen molar-refractivity contribution >= 4 is 131 Å². The number of nitrogens with zero attached hydrogens (tertiary/aromatic N) is 13. The number of hydrogen-bond donors (Lipinski definition) is 0. The van der Waals surface area contributed by atoms with E-state index < -0.39 is 0 Å². The number of para-hydroxylation sites is 5. The van der Waals surface area contributed by atoms with Crippen LogP contribution in [0.3, 0.4) is 0 Å². The number of benzene rings is 13. The summed E-state index contributed by atoms with van der Waals surface area (Å²) in [6.45, 7) is 0.